The quantitative estimate of drug-likeness (QED) is 0.417. The predicted molar refractivity (Wildman–Crippen MR) is 125 cm³/mol. The van der Waals surface area contributed by atoms with Gasteiger partial charge in [0, 0.05) is 42.8 Å². The Balaban J connectivity index is 1.64. The van der Waals surface area contributed by atoms with Crippen molar-refractivity contribution in [3.8, 4) is 0 Å². The van der Waals surface area contributed by atoms with E-state index in [0.717, 1.165) is 0 Å². The second kappa shape index (κ2) is 9.87. The molecular formula is C22H28ClN5O2S. The van der Waals surface area contributed by atoms with E-state index in [4.69, 9.17) is 11.6 Å². The van der Waals surface area contributed by atoms with Gasteiger partial charge in [-0.1, -0.05) is 41.6 Å². The van der Waals surface area contributed by atoms with Gasteiger partial charge in [0.15, 0.2) is 5.16 Å². The molecule has 0 bridgehead atoms. The number of benzene rings is 1. The van der Waals surface area contributed by atoms with Crippen molar-refractivity contribution in [1.82, 2.24) is 20.2 Å². The van der Waals surface area contributed by atoms with Crippen molar-refractivity contribution in [3.63, 3.8) is 0 Å². The van der Waals surface area contributed by atoms with Crippen molar-refractivity contribution in [3.05, 3.63) is 47.1 Å². The Morgan fingerprint density at radius 2 is 1.90 bits per heavy atom. The number of hydrogen-bond donors (Lipinski definition) is 1. The van der Waals surface area contributed by atoms with Gasteiger partial charge in [-0.3, -0.25) is 9.59 Å². The molecule has 1 saturated heterocycles. The summed E-state index contributed by atoms with van der Waals surface area (Å²) in [4.78, 5) is 37.8. The predicted octanol–water partition coefficient (Wildman–Crippen LogP) is 3.49. The summed E-state index contributed by atoms with van der Waals surface area (Å²) in [5, 5.41) is 3.71. The Hall–Kier alpha value is -2.32. The molecule has 1 N–H and O–H groups in total. The molecule has 2 amide bonds. The smallest absolute Gasteiger partial charge is 0.254 e. The molecule has 1 unspecified atom stereocenters. The van der Waals surface area contributed by atoms with Crippen LogP contribution in [0.5, 0.6) is 0 Å². The van der Waals surface area contributed by atoms with Crippen LogP contribution < -0.4 is 10.2 Å². The Morgan fingerprint density at radius 3 is 2.55 bits per heavy atom. The summed E-state index contributed by atoms with van der Waals surface area (Å²) >= 11 is 7.49. The van der Waals surface area contributed by atoms with E-state index in [1.165, 1.54) is 11.8 Å². The number of halogens is 1. The fourth-order valence-corrected chi connectivity index (χ4v) is 4.29. The molecular weight excluding hydrogens is 434 g/mol. The Labute approximate surface area is 192 Å². The van der Waals surface area contributed by atoms with Crippen LogP contribution >= 0.6 is 23.4 Å². The summed E-state index contributed by atoms with van der Waals surface area (Å²) in [5.74, 6) is 0.878. The maximum atomic E-state index is 12.8. The average Bonchev–Trinajstić information content (AvgIpc) is 2.71. The van der Waals surface area contributed by atoms with Crippen LogP contribution in [0.1, 0.15) is 38.1 Å². The van der Waals surface area contributed by atoms with Gasteiger partial charge in [-0.15, -0.1) is 0 Å². The number of piperazine rings is 1. The van der Waals surface area contributed by atoms with E-state index >= 15 is 0 Å². The number of rotatable bonds is 5. The van der Waals surface area contributed by atoms with Gasteiger partial charge in [-0.25, -0.2) is 9.97 Å². The van der Waals surface area contributed by atoms with E-state index < -0.39 is 0 Å². The van der Waals surface area contributed by atoms with Gasteiger partial charge in [0.25, 0.3) is 5.91 Å². The fraction of sp³-hybridized carbons (Fsp3) is 0.455. The maximum Gasteiger partial charge on any atom is 0.254 e. The van der Waals surface area contributed by atoms with Crippen LogP contribution in [-0.4, -0.2) is 63.7 Å². The number of hydrogen-bond acceptors (Lipinski definition) is 6. The summed E-state index contributed by atoms with van der Waals surface area (Å²) in [6.45, 7) is 9.72. The van der Waals surface area contributed by atoms with Crippen LogP contribution in [-0.2, 0) is 4.79 Å². The molecule has 0 radical (unpaired) electrons. The summed E-state index contributed by atoms with van der Waals surface area (Å²) < 4.78 is 0. The monoisotopic (exact) mass is 461 g/mol. The summed E-state index contributed by atoms with van der Waals surface area (Å²) in [6, 6.07) is 11.1. The number of nitrogens with one attached hydrogen (secondary N) is 1. The van der Waals surface area contributed by atoms with E-state index in [2.05, 4.69) is 20.2 Å². The van der Waals surface area contributed by atoms with Crippen LogP contribution in [0.4, 0.5) is 5.82 Å². The highest BCUT2D eigenvalue weighted by atomic mass is 35.5. The third-order valence-corrected chi connectivity index (χ3v) is 5.78. The number of anilines is 1. The average molecular weight is 462 g/mol. The number of nitrogens with zero attached hydrogens (tertiary/aromatic N) is 4. The fourth-order valence-electron chi connectivity index (χ4n) is 3.41. The van der Waals surface area contributed by atoms with Crippen LogP contribution in [0, 0.1) is 0 Å². The van der Waals surface area contributed by atoms with Gasteiger partial charge in [-0.05, 0) is 39.8 Å². The highest BCUT2D eigenvalue weighted by molar-refractivity contribution is 7.99. The van der Waals surface area contributed by atoms with Crippen LogP contribution in [0.15, 0.2) is 41.6 Å². The zero-order valence-electron chi connectivity index (χ0n) is 18.3. The van der Waals surface area contributed by atoms with Crippen molar-refractivity contribution < 1.29 is 9.59 Å². The van der Waals surface area contributed by atoms with E-state index in [1.54, 1.807) is 6.07 Å². The van der Waals surface area contributed by atoms with Gasteiger partial charge < -0.3 is 15.1 Å². The summed E-state index contributed by atoms with van der Waals surface area (Å²) in [7, 11) is 0. The molecule has 1 aliphatic rings. The van der Waals surface area contributed by atoms with Crippen LogP contribution in [0.3, 0.4) is 0 Å². The Morgan fingerprint density at radius 1 is 1.19 bits per heavy atom. The Kier molecular flexibility index (Phi) is 7.43. The molecule has 2 heterocycles. The van der Waals surface area contributed by atoms with Crippen molar-refractivity contribution >= 4 is 41.0 Å². The molecule has 0 spiro atoms. The lowest BCUT2D eigenvalue weighted by molar-refractivity contribution is -0.119. The van der Waals surface area contributed by atoms with E-state index in [-0.39, 0.29) is 29.1 Å². The van der Waals surface area contributed by atoms with Crippen LogP contribution in [0.2, 0.25) is 5.15 Å². The molecule has 9 heteroatoms. The van der Waals surface area contributed by atoms with Crippen molar-refractivity contribution in [1.29, 1.82) is 0 Å². The third-order valence-electron chi connectivity index (χ3n) is 4.74. The molecule has 1 atom stereocenters. The molecule has 31 heavy (non-hydrogen) atoms. The molecule has 166 valence electrons. The minimum absolute atomic E-state index is 0.0175. The van der Waals surface area contributed by atoms with E-state index in [9.17, 15) is 9.59 Å². The zero-order valence-corrected chi connectivity index (χ0v) is 19.8. The first-order valence-electron chi connectivity index (χ1n) is 10.2. The number of amides is 2. The first-order chi connectivity index (χ1) is 14.6. The number of aromatic nitrogens is 2. The van der Waals surface area contributed by atoms with Gasteiger partial charge >= 0.3 is 0 Å². The first-order valence-corrected chi connectivity index (χ1v) is 11.6. The lowest BCUT2D eigenvalue weighted by atomic mass is 10.1. The minimum Gasteiger partial charge on any atom is -0.353 e. The molecule has 0 aliphatic carbocycles. The molecule has 1 aromatic heterocycles. The van der Waals surface area contributed by atoms with Gasteiger partial charge in [0.1, 0.15) is 11.0 Å². The first kappa shape index (κ1) is 23.3. The maximum absolute atomic E-state index is 12.8. The molecule has 2 aromatic rings. The highest BCUT2D eigenvalue weighted by Gasteiger charge is 2.29. The van der Waals surface area contributed by atoms with Crippen molar-refractivity contribution in [2.45, 2.75) is 44.4 Å². The second-order valence-electron chi connectivity index (χ2n) is 8.58. The lowest BCUT2D eigenvalue weighted by Crippen LogP contribution is -2.54. The SMILES string of the molecule is CC1CN(c2cc(Cl)nc(SCC(=O)NC(C)(C)C)n2)CCN1C(=O)c1ccccc1. The molecule has 3 rings (SSSR count). The lowest BCUT2D eigenvalue weighted by Gasteiger charge is -2.40. The highest BCUT2D eigenvalue weighted by Crippen LogP contribution is 2.24. The van der Waals surface area contributed by atoms with Crippen LogP contribution in [0.25, 0.3) is 0 Å². The minimum atomic E-state index is -0.287. The molecule has 7 nitrogen and oxygen atoms in total. The van der Waals surface area contributed by atoms with Crippen molar-refractivity contribution in [2.24, 2.45) is 0 Å². The number of thioether (sulfide) groups is 1. The molecule has 1 fully saturated rings. The van der Waals surface area contributed by atoms with Crippen molar-refractivity contribution in [2.75, 3.05) is 30.3 Å². The second-order valence-corrected chi connectivity index (χ2v) is 9.91. The number of carbonyl (C=O) groups excluding carboxylic acids is 2. The number of carbonyl (C=O) groups is 2. The topological polar surface area (TPSA) is 78.4 Å². The summed E-state index contributed by atoms with van der Waals surface area (Å²) in [6.07, 6.45) is 0. The summed E-state index contributed by atoms with van der Waals surface area (Å²) in [5.41, 5.74) is 0.408. The zero-order chi connectivity index (χ0) is 22.6. The molecule has 1 aromatic carbocycles. The largest absolute Gasteiger partial charge is 0.353 e. The Bertz CT molecular complexity index is 935. The van der Waals surface area contributed by atoms with E-state index in [1.807, 2.05) is 62.9 Å². The standard InChI is InChI=1S/C22H28ClN5O2S/c1-15-13-27(10-11-28(15)20(30)16-8-6-5-7-9-16)18-12-17(23)24-21(25-18)31-14-19(29)26-22(2,3)4/h5-9,12,15H,10-11,13-14H2,1-4H3,(H,26,29). The molecule has 0 saturated carbocycles. The normalized spacial score (nSPS) is 16.9. The molecule has 1 aliphatic heterocycles. The third kappa shape index (κ3) is 6.58. The van der Waals surface area contributed by atoms with Gasteiger partial charge in [-0.2, -0.15) is 0 Å². The van der Waals surface area contributed by atoms with E-state index in [0.29, 0.717) is 41.3 Å². The van der Waals surface area contributed by atoms with Gasteiger partial charge in [0.05, 0.1) is 5.75 Å². The van der Waals surface area contributed by atoms with Gasteiger partial charge in [0.2, 0.25) is 5.91 Å².